The van der Waals surface area contributed by atoms with Crippen LogP contribution in [0.2, 0.25) is 0 Å². The lowest BCUT2D eigenvalue weighted by Gasteiger charge is -2.07. The van der Waals surface area contributed by atoms with Crippen LogP contribution in [0.15, 0.2) is 5.03 Å². The van der Waals surface area contributed by atoms with Crippen LogP contribution < -0.4 is 0 Å². The normalized spacial score (nSPS) is 9.33. The molecule has 1 aromatic rings. The van der Waals surface area contributed by atoms with Gasteiger partial charge in [0.25, 0.3) is 0 Å². The molecule has 76 valence electrons. The SMILES string of the molecule is CCCc1c(C#N)c(S)[nH]c(=S)c1C#N. The summed E-state index contributed by atoms with van der Waals surface area (Å²) in [7, 11) is 0. The fraction of sp³-hybridized carbons (Fsp3) is 0.300. The summed E-state index contributed by atoms with van der Waals surface area (Å²) < 4.78 is 0.352. The maximum atomic E-state index is 8.97. The fourth-order valence-electron chi connectivity index (χ4n) is 1.38. The number of aromatic amines is 1. The summed E-state index contributed by atoms with van der Waals surface area (Å²) in [6, 6.07) is 4.08. The fourth-order valence-corrected chi connectivity index (χ4v) is 2.02. The van der Waals surface area contributed by atoms with E-state index in [2.05, 4.69) is 17.6 Å². The van der Waals surface area contributed by atoms with E-state index < -0.39 is 0 Å². The molecule has 1 aromatic heterocycles. The van der Waals surface area contributed by atoms with Crippen molar-refractivity contribution >= 4 is 24.8 Å². The van der Waals surface area contributed by atoms with Gasteiger partial charge in [0.15, 0.2) is 0 Å². The van der Waals surface area contributed by atoms with E-state index in [0.717, 1.165) is 6.42 Å². The summed E-state index contributed by atoms with van der Waals surface area (Å²) in [5.41, 5.74) is 1.52. The number of nitrogens with one attached hydrogen (secondary N) is 1. The second-order valence-electron chi connectivity index (χ2n) is 3.00. The van der Waals surface area contributed by atoms with Gasteiger partial charge in [-0.3, -0.25) is 0 Å². The van der Waals surface area contributed by atoms with E-state index in [1.807, 2.05) is 19.1 Å². The highest BCUT2D eigenvalue weighted by molar-refractivity contribution is 7.80. The van der Waals surface area contributed by atoms with Crippen molar-refractivity contribution in [2.45, 2.75) is 24.8 Å². The van der Waals surface area contributed by atoms with E-state index in [1.165, 1.54) is 0 Å². The summed E-state index contributed by atoms with van der Waals surface area (Å²) in [6.45, 7) is 1.99. The first-order chi connectivity index (χ1) is 7.15. The Morgan fingerprint density at radius 3 is 2.40 bits per heavy atom. The van der Waals surface area contributed by atoms with E-state index in [9.17, 15) is 0 Å². The predicted octanol–water partition coefficient (Wildman–Crippen LogP) is 2.73. The van der Waals surface area contributed by atoms with Crippen LogP contribution in [0.4, 0.5) is 0 Å². The third-order valence-electron chi connectivity index (χ3n) is 2.02. The average molecular weight is 235 g/mol. The number of thiol groups is 1. The highest BCUT2D eigenvalue weighted by atomic mass is 32.1. The first-order valence-electron chi connectivity index (χ1n) is 4.44. The van der Waals surface area contributed by atoms with Gasteiger partial charge in [0.2, 0.25) is 0 Å². The van der Waals surface area contributed by atoms with Crippen molar-refractivity contribution in [3.8, 4) is 12.1 Å². The zero-order chi connectivity index (χ0) is 11.4. The van der Waals surface area contributed by atoms with Crippen LogP contribution in [0, 0.1) is 27.3 Å². The zero-order valence-corrected chi connectivity index (χ0v) is 9.88. The quantitative estimate of drug-likeness (QED) is 0.612. The monoisotopic (exact) mass is 235 g/mol. The van der Waals surface area contributed by atoms with Crippen molar-refractivity contribution in [3.63, 3.8) is 0 Å². The van der Waals surface area contributed by atoms with Gasteiger partial charge in [-0.2, -0.15) is 10.5 Å². The van der Waals surface area contributed by atoms with E-state index in [-0.39, 0.29) is 0 Å². The van der Waals surface area contributed by atoms with Gasteiger partial charge in [-0.1, -0.05) is 25.6 Å². The third kappa shape index (κ3) is 2.20. The Hall–Kier alpha value is -1.30. The number of rotatable bonds is 2. The number of nitrogens with zero attached hydrogens (tertiary/aromatic N) is 2. The highest BCUT2D eigenvalue weighted by Crippen LogP contribution is 2.21. The Morgan fingerprint density at radius 2 is 1.93 bits per heavy atom. The first-order valence-corrected chi connectivity index (χ1v) is 5.29. The highest BCUT2D eigenvalue weighted by Gasteiger charge is 2.12. The summed E-state index contributed by atoms with van der Waals surface area (Å²) in [5, 5.41) is 18.4. The Labute approximate surface area is 98.8 Å². The van der Waals surface area contributed by atoms with Crippen LogP contribution in [0.25, 0.3) is 0 Å². The molecule has 0 bridgehead atoms. The van der Waals surface area contributed by atoms with Crippen LogP contribution in [0.5, 0.6) is 0 Å². The molecule has 0 saturated heterocycles. The minimum atomic E-state index is 0.352. The molecule has 1 N–H and O–H groups in total. The average Bonchev–Trinajstić information content (AvgIpc) is 2.18. The molecule has 0 atom stereocenters. The van der Waals surface area contributed by atoms with Crippen molar-refractivity contribution in [1.82, 2.24) is 4.98 Å². The summed E-state index contributed by atoms with van der Waals surface area (Å²) in [5.74, 6) is 0. The third-order valence-corrected chi connectivity index (χ3v) is 2.66. The number of pyridine rings is 1. The minimum Gasteiger partial charge on any atom is -0.339 e. The minimum absolute atomic E-state index is 0.352. The molecule has 0 aliphatic carbocycles. The van der Waals surface area contributed by atoms with Crippen molar-refractivity contribution < 1.29 is 0 Å². The molecule has 5 heteroatoms. The Balaban J connectivity index is 3.62. The zero-order valence-electron chi connectivity index (χ0n) is 8.16. The lowest BCUT2D eigenvalue weighted by Crippen LogP contribution is -2.00. The first kappa shape index (κ1) is 11.8. The van der Waals surface area contributed by atoms with Gasteiger partial charge in [0.1, 0.15) is 16.8 Å². The Morgan fingerprint density at radius 1 is 1.33 bits per heavy atom. The maximum absolute atomic E-state index is 8.97. The molecule has 0 aromatic carbocycles. The molecule has 15 heavy (non-hydrogen) atoms. The van der Waals surface area contributed by atoms with E-state index in [4.69, 9.17) is 22.7 Å². The largest absolute Gasteiger partial charge is 0.339 e. The molecule has 0 fully saturated rings. The van der Waals surface area contributed by atoms with Crippen molar-refractivity contribution in [2.75, 3.05) is 0 Å². The molecule has 0 unspecified atom stereocenters. The van der Waals surface area contributed by atoms with Crippen molar-refractivity contribution in [1.29, 1.82) is 10.5 Å². The van der Waals surface area contributed by atoms with E-state index in [1.54, 1.807) is 0 Å². The summed E-state index contributed by atoms with van der Waals surface area (Å²) in [6.07, 6.45) is 1.52. The number of H-pyrrole nitrogens is 1. The van der Waals surface area contributed by atoms with E-state index in [0.29, 0.717) is 32.8 Å². The van der Waals surface area contributed by atoms with Crippen LogP contribution in [-0.2, 0) is 6.42 Å². The number of aromatic nitrogens is 1. The van der Waals surface area contributed by atoms with Gasteiger partial charge >= 0.3 is 0 Å². The lowest BCUT2D eigenvalue weighted by atomic mass is 10.0. The molecule has 3 nitrogen and oxygen atoms in total. The molecule has 1 heterocycles. The standard InChI is InChI=1S/C10H9N3S2/c1-2-3-6-7(4-11)9(14)13-10(15)8(6)5-12/h2-3H2,1H3,(H2,13,14,15). The maximum Gasteiger partial charge on any atom is 0.122 e. The van der Waals surface area contributed by atoms with Gasteiger partial charge in [-0.25, -0.2) is 0 Å². The van der Waals surface area contributed by atoms with Gasteiger partial charge in [-0.05, 0) is 12.0 Å². The number of nitriles is 2. The van der Waals surface area contributed by atoms with Crippen LogP contribution in [0.1, 0.15) is 30.0 Å². The lowest BCUT2D eigenvalue weighted by molar-refractivity contribution is 0.893. The topological polar surface area (TPSA) is 63.4 Å². The van der Waals surface area contributed by atoms with Gasteiger partial charge in [-0.15, -0.1) is 12.6 Å². The summed E-state index contributed by atoms with van der Waals surface area (Å²) >= 11 is 9.15. The molecule has 0 aliphatic rings. The molecule has 0 saturated carbocycles. The molecule has 1 rings (SSSR count). The Bertz CT molecular complexity index is 517. The Kier molecular flexibility index (Phi) is 3.90. The molecule has 0 radical (unpaired) electrons. The second kappa shape index (κ2) is 4.97. The van der Waals surface area contributed by atoms with Gasteiger partial charge < -0.3 is 4.98 Å². The van der Waals surface area contributed by atoms with Crippen LogP contribution in [-0.4, -0.2) is 4.98 Å². The predicted molar refractivity (Wildman–Crippen MR) is 62.3 cm³/mol. The summed E-state index contributed by atoms with van der Waals surface area (Å²) in [4.78, 5) is 2.74. The smallest absolute Gasteiger partial charge is 0.122 e. The molecule has 0 aliphatic heterocycles. The van der Waals surface area contributed by atoms with Gasteiger partial charge in [0.05, 0.1) is 16.2 Å². The van der Waals surface area contributed by atoms with Crippen LogP contribution in [0.3, 0.4) is 0 Å². The van der Waals surface area contributed by atoms with Crippen molar-refractivity contribution in [2.24, 2.45) is 0 Å². The molecule has 0 spiro atoms. The molecular weight excluding hydrogens is 226 g/mol. The number of hydrogen-bond acceptors (Lipinski definition) is 4. The van der Waals surface area contributed by atoms with Crippen molar-refractivity contribution in [3.05, 3.63) is 21.3 Å². The van der Waals surface area contributed by atoms with Crippen LogP contribution >= 0.6 is 24.8 Å². The van der Waals surface area contributed by atoms with Gasteiger partial charge in [0, 0.05) is 0 Å². The van der Waals surface area contributed by atoms with E-state index >= 15 is 0 Å². The second-order valence-corrected chi connectivity index (χ2v) is 3.86. The molecular formula is C10H9N3S2. The number of hydrogen-bond donors (Lipinski definition) is 2. The molecule has 0 amide bonds.